The van der Waals surface area contributed by atoms with Crippen molar-refractivity contribution >= 4 is 29.0 Å². The highest BCUT2D eigenvalue weighted by atomic mass is 16.5. The van der Waals surface area contributed by atoms with Crippen LogP contribution in [0.3, 0.4) is 0 Å². The molecule has 1 aliphatic heterocycles. The molecule has 0 saturated carbocycles. The predicted octanol–water partition coefficient (Wildman–Crippen LogP) is 4.28. The second kappa shape index (κ2) is 9.89. The second-order valence-electron chi connectivity index (χ2n) is 8.25. The van der Waals surface area contributed by atoms with Crippen LogP contribution in [-0.4, -0.2) is 45.1 Å². The Bertz CT molecular complexity index is 1290. The number of hydrogen-bond acceptors (Lipinski definition) is 5. The molecule has 35 heavy (non-hydrogen) atoms. The quantitative estimate of drug-likeness (QED) is 0.580. The highest BCUT2D eigenvalue weighted by Gasteiger charge is 2.33. The minimum Gasteiger partial charge on any atom is -0.496 e. The fourth-order valence-electron chi connectivity index (χ4n) is 4.09. The van der Waals surface area contributed by atoms with E-state index in [-0.39, 0.29) is 5.91 Å². The van der Waals surface area contributed by atoms with Crippen molar-refractivity contribution in [3.8, 4) is 11.5 Å². The van der Waals surface area contributed by atoms with Gasteiger partial charge in [-0.15, -0.1) is 0 Å². The van der Waals surface area contributed by atoms with Crippen LogP contribution < -0.4 is 25.0 Å². The normalized spacial score (nSPS) is 15.0. The van der Waals surface area contributed by atoms with Crippen LogP contribution in [0, 0.1) is 13.8 Å². The van der Waals surface area contributed by atoms with Crippen molar-refractivity contribution < 1.29 is 19.1 Å². The Balaban J connectivity index is 1.83. The Labute approximate surface area is 204 Å². The number of aliphatic imine (C=N–C) groups is 1. The maximum absolute atomic E-state index is 13.4. The molecule has 1 aliphatic rings. The Kier molecular flexibility index (Phi) is 6.73. The minimum absolute atomic E-state index is 0.377. The number of carbonyl (C=O) groups excluding carboxylic acids is 2. The predicted molar refractivity (Wildman–Crippen MR) is 137 cm³/mol. The van der Waals surface area contributed by atoms with Crippen LogP contribution in [0.4, 0.5) is 16.2 Å². The molecule has 3 amide bonds. The fraction of sp³-hybridized carbons (Fsp3) is 0.222. The monoisotopic (exact) mass is 472 g/mol. The standard InChI is InChI=1S/C27H28N4O4/c1-16-14-21(34-4)23(22(15-16)35-5)24-18-11-7-9-13-20(18)31(3)26(32)25(29-24)30-27(33)28-19-12-8-6-10-17(19)2/h6-15,25H,1-5H3,(H2,28,30,33). The number of ether oxygens (including phenoxy) is 2. The molecule has 0 aliphatic carbocycles. The molecule has 8 heteroatoms. The molecule has 0 spiro atoms. The summed E-state index contributed by atoms with van der Waals surface area (Å²) in [5, 5.41) is 5.53. The molecule has 2 N–H and O–H groups in total. The lowest BCUT2D eigenvalue weighted by atomic mass is 9.97. The van der Waals surface area contributed by atoms with Crippen molar-refractivity contribution in [2.75, 3.05) is 31.5 Å². The third-order valence-corrected chi connectivity index (χ3v) is 5.89. The number of rotatable bonds is 5. The largest absolute Gasteiger partial charge is 0.496 e. The molecular formula is C27H28N4O4. The number of para-hydroxylation sites is 2. The van der Waals surface area contributed by atoms with Gasteiger partial charge < -0.3 is 25.0 Å². The van der Waals surface area contributed by atoms with Crippen molar-refractivity contribution in [2.45, 2.75) is 20.0 Å². The number of anilines is 2. The lowest BCUT2D eigenvalue weighted by molar-refractivity contribution is -0.119. The third-order valence-electron chi connectivity index (χ3n) is 5.89. The highest BCUT2D eigenvalue weighted by molar-refractivity contribution is 6.22. The van der Waals surface area contributed by atoms with Gasteiger partial charge in [-0.05, 0) is 49.2 Å². The molecule has 0 aromatic heterocycles. The lowest BCUT2D eigenvalue weighted by Crippen LogP contribution is -2.47. The summed E-state index contributed by atoms with van der Waals surface area (Å²) in [4.78, 5) is 32.6. The molecular weight excluding hydrogens is 444 g/mol. The van der Waals surface area contributed by atoms with E-state index in [1.165, 1.54) is 4.90 Å². The Morgan fingerprint density at radius 1 is 0.971 bits per heavy atom. The van der Waals surface area contributed by atoms with Gasteiger partial charge in [-0.25, -0.2) is 9.79 Å². The highest BCUT2D eigenvalue weighted by Crippen LogP contribution is 2.36. The molecule has 3 aromatic rings. The first kappa shape index (κ1) is 23.8. The summed E-state index contributed by atoms with van der Waals surface area (Å²) < 4.78 is 11.4. The fourth-order valence-corrected chi connectivity index (χ4v) is 4.09. The van der Waals surface area contributed by atoms with E-state index in [2.05, 4.69) is 10.6 Å². The molecule has 3 aromatic carbocycles. The number of nitrogens with zero attached hydrogens (tertiary/aromatic N) is 2. The average Bonchev–Trinajstić information content (AvgIpc) is 2.95. The van der Waals surface area contributed by atoms with Gasteiger partial charge in [0.2, 0.25) is 6.17 Å². The van der Waals surface area contributed by atoms with Gasteiger partial charge in [-0.2, -0.15) is 0 Å². The number of urea groups is 1. The van der Waals surface area contributed by atoms with Crippen LogP contribution in [0.15, 0.2) is 65.7 Å². The number of carbonyl (C=O) groups is 2. The number of likely N-dealkylation sites (N-methyl/N-ethyl adjacent to an activating group) is 1. The van der Waals surface area contributed by atoms with Gasteiger partial charge in [0.05, 0.1) is 31.2 Å². The number of methoxy groups -OCH3 is 2. The maximum atomic E-state index is 13.4. The number of aryl methyl sites for hydroxylation is 2. The summed E-state index contributed by atoms with van der Waals surface area (Å²) in [6, 6.07) is 18.1. The zero-order valence-electron chi connectivity index (χ0n) is 20.4. The van der Waals surface area contributed by atoms with E-state index in [4.69, 9.17) is 14.5 Å². The first-order chi connectivity index (χ1) is 16.8. The molecule has 1 atom stereocenters. The van der Waals surface area contributed by atoms with Crippen LogP contribution in [0.25, 0.3) is 0 Å². The summed E-state index contributed by atoms with van der Waals surface area (Å²) in [5.41, 5.74) is 4.95. The van der Waals surface area contributed by atoms with Crippen LogP contribution in [0.1, 0.15) is 22.3 Å². The summed E-state index contributed by atoms with van der Waals surface area (Å²) in [6.45, 7) is 3.83. The third kappa shape index (κ3) is 4.68. The molecule has 0 radical (unpaired) electrons. The number of nitrogens with one attached hydrogen (secondary N) is 2. The van der Waals surface area contributed by atoms with Gasteiger partial charge in [-0.3, -0.25) is 4.79 Å². The van der Waals surface area contributed by atoms with Crippen molar-refractivity contribution in [1.29, 1.82) is 0 Å². The van der Waals surface area contributed by atoms with Crippen molar-refractivity contribution in [2.24, 2.45) is 4.99 Å². The van der Waals surface area contributed by atoms with Crippen molar-refractivity contribution in [3.63, 3.8) is 0 Å². The van der Waals surface area contributed by atoms with E-state index >= 15 is 0 Å². The van der Waals surface area contributed by atoms with Gasteiger partial charge in [0.25, 0.3) is 5.91 Å². The first-order valence-electron chi connectivity index (χ1n) is 11.1. The second-order valence-corrected chi connectivity index (χ2v) is 8.25. The van der Waals surface area contributed by atoms with Crippen molar-refractivity contribution in [1.82, 2.24) is 5.32 Å². The summed E-state index contributed by atoms with van der Waals surface area (Å²) in [5.74, 6) is 0.725. The van der Waals surface area contributed by atoms with Crippen LogP contribution >= 0.6 is 0 Å². The molecule has 0 fully saturated rings. The number of amides is 3. The number of fused-ring (bicyclic) bond motifs is 1. The van der Waals surface area contributed by atoms with Gasteiger partial charge in [0, 0.05) is 18.3 Å². The summed E-state index contributed by atoms with van der Waals surface area (Å²) in [6.07, 6.45) is -1.18. The van der Waals surface area contributed by atoms with Gasteiger partial charge >= 0.3 is 6.03 Å². The molecule has 8 nitrogen and oxygen atoms in total. The zero-order valence-corrected chi connectivity index (χ0v) is 20.4. The van der Waals surface area contributed by atoms with Gasteiger partial charge in [0.1, 0.15) is 11.5 Å². The maximum Gasteiger partial charge on any atom is 0.321 e. The Morgan fingerprint density at radius 2 is 1.60 bits per heavy atom. The minimum atomic E-state index is -1.18. The van der Waals surface area contributed by atoms with E-state index in [1.807, 2.05) is 68.4 Å². The topological polar surface area (TPSA) is 92.3 Å². The molecule has 4 rings (SSSR count). The molecule has 0 bridgehead atoms. The molecule has 1 unspecified atom stereocenters. The van der Waals surface area contributed by atoms with E-state index in [0.29, 0.717) is 39.7 Å². The zero-order chi connectivity index (χ0) is 25.1. The summed E-state index contributed by atoms with van der Waals surface area (Å²) in [7, 11) is 4.81. The summed E-state index contributed by atoms with van der Waals surface area (Å²) >= 11 is 0. The SMILES string of the molecule is COc1cc(C)cc(OC)c1C1=NC(NC(=O)Nc2ccccc2C)C(=O)N(C)c2ccccc21. The van der Waals surface area contributed by atoms with Crippen LogP contribution in [-0.2, 0) is 4.79 Å². The Morgan fingerprint density at radius 3 is 2.26 bits per heavy atom. The van der Waals surface area contributed by atoms with E-state index in [9.17, 15) is 9.59 Å². The van der Waals surface area contributed by atoms with Gasteiger partial charge in [-0.1, -0.05) is 36.4 Å². The number of benzodiazepines with no additional fused rings is 1. The smallest absolute Gasteiger partial charge is 0.321 e. The van der Waals surface area contributed by atoms with E-state index in [1.54, 1.807) is 27.3 Å². The van der Waals surface area contributed by atoms with Gasteiger partial charge in [0.15, 0.2) is 0 Å². The van der Waals surface area contributed by atoms with Crippen LogP contribution in [0.5, 0.6) is 11.5 Å². The van der Waals surface area contributed by atoms with E-state index in [0.717, 1.165) is 11.1 Å². The van der Waals surface area contributed by atoms with Crippen LogP contribution in [0.2, 0.25) is 0 Å². The average molecular weight is 473 g/mol. The lowest BCUT2D eigenvalue weighted by Gasteiger charge is -2.21. The molecule has 1 heterocycles. The number of hydrogen-bond donors (Lipinski definition) is 2. The van der Waals surface area contributed by atoms with Crippen molar-refractivity contribution in [3.05, 3.63) is 82.9 Å². The Hall–Kier alpha value is -4.33. The van der Waals surface area contributed by atoms with E-state index < -0.39 is 12.2 Å². The number of benzene rings is 3. The molecule has 180 valence electrons. The molecule has 0 saturated heterocycles. The first-order valence-corrected chi connectivity index (χ1v) is 11.1.